The van der Waals surface area contributed by atoms with E-state index in [9.17, 15) is 29.7 Å². The quantitative estimate of drug-likeness (QED) is 0.499. The van der Waals surface area contributed by atoms with Crippen LogP contribution in [0.4, 0.5) is 0 Å². The molecule has 0 saturated heterocycles. The Balaban J connectivity index is 1.84. The van der Waals surface area contributed by atoms with Gasteiger partial charge in [-0.3, -0.25) is 0 Å². The van der Waals surface area contributed by atoms with Crippen molar-refractivity contribution in [3.63, 3.8) is 0 Å². The zero-order valence-corrected chi connectivity index (χ0v) is 13.6. The largest absolute Gasteiger partial charge is 0.457 e. The zero-order valence-electron chi connectivity index (χ0n) is 13.6. The van der Waals surface area contributed by atoms with Crippen LogP contribution < -0.4 is 4.74 Å². The van der Waals surface area contributed by atoms with Gasteiger partial charge in [0.15, 0.2) is 0 Å². The predicted octanol–water partition coefficient (Wildman–Crippen LogP) is 1.75. The smallest absolute Gasteiger partial charge is 0.347 e. The number of cyclic esters (lactones) is 4. The first-order chi connectivity index (χ1) is 13.4. The van der Waals surface area contributed by atoms with Gasteiger partial charge in [0.2, 0.25) is 5.41 Å². The summed E-state index contributed by atoms with van der Waals surface area (Å²) in [5, 5.41) is 19.7. The van der Waals surface area contributed by atoms with Gasteiger partial charge in [0, 0.05) is 11.1 Å². The van der Waals surface area contributed by atoms with Crippen molar-refractivity contribution in [1.82, 2.24) is 0 Å². The molecule has 0 fully saturated rings. The molecule has 0 spiro atoms. The maximum Gasteiger partial charge on any atom is 0.347 e. The predicted molar refractivity (Wildman–Crippen MR) is 84.5 cm³/mol. The van der Waals surface area contributed by atoms with Gasteiger partial charge >= 0.3 is 23.9 Å². The first-order valence-electron chi connectivity index (χ1n) is 7.80. The zero-order chi connectivity index (χ0) is 19.8. The third kappa shape index (κ3) is 1.67. The molecule has 0 radical (unpaired) electrons. The van der Waals surface area contributed by atoms with Crippen LogP contribution in [0.25, 0.3) is 0 Å². The molecule has 0 saturated carbocycles. The van der Waals surface area contributed by atoms with Crippen LogP contribution >= 0.6 is 0 Å². The Hall–Kier alpha value is -4.50. The van der Waals surface area contributed by atoms with Gasteiger partial charge in [-0.25, -0.2) is 19.2 Å². The summed E-state index contributed by atoms with van der Waals surface area (Å²) in [4.78, 5) is 47.4. The summed E-state index contributed by atoms with van der Waals surface area (Å²) in [6.45, 7) is 0. The number of benzene rings is 2. The van der Waals surface area contributed by atoms with Crippen molar-refractivity contribution in [2.45, 2.75) is 5.41 Å². The molecule has 0 aliphatic carbocycles. The molecule has 9 nitrogen and oxygen atoms in total. The molecule has 2 aromatic rings. The van der Waals surface area contributed by atoms with Gasteiger partial charge in [-0.15, -0.1) is 0 Å². The number of fused-ring (bicyclic) bond motifs is 4. The van der Waals surface area contributed by atoms with Crippen LogP contribution in [0.5, 0.6) is 11.5 Å². The average molecular weight is 372 g/mol. The molecular formula is C19H4N2O7. The molecule has 3 heterocycles. The lowest BCUT2D eigenvalue weighted by Gasteiger charge is -2.30. The number of ether oxygens (including phenoxy) is 3. The highest BCUT2D eigenvalue weighted by atomic mass is 16.6. The minimum absolute atomic E-state index is 0.0151. The second-order valence-electron chi connectivity index (χ2n) is 6.22. The second-order valence-corrected chi connectivity index (χ2v) is 6.22. The Kier molecular flexibility index (Phi) is 2.70. The molecule has 9 heteroatoms. The Morgan fingerprint density at radius 3 is 1.32 bits per heavy atom. The van der Waals surface area contributed by atoms with Gasteiger partial charge < -0.3 is 14.2 Å². The van der Waals surface area contributed by atoms with Gasteiger partial charge in [0.25, 0.3) is 0 Å². The fourth-order valence-electron chi connectivity index (χ4n) is 3.51. The molecular weight excluding hydrogens is 368 g/mol. The number of rotatable bonds is 0. The lowest BCUT2D eigenvalue weighted by atomic mass is 9.73. The molecule has 0 N–H and O–H groups in total. The molecule has 3 aliphatic rings. The molecule has 0 unspecified atom stereocenters. The number of hydrogen-bond acceptors (Lipinski definition) is 9. The van der Waals surface area contributed by atoms with E-state index in [1.807, 2.05) is 12.1 Å². The van der Waals surface area contributed by atoms with Gasteiger partial charge in [-0.1, -0.05) is 0 Å². The van der Waals surface area contributed by atoms with Crippen molar-refractivity contribution in [3.05, 3.63) is 57.6 Å². The third-order valence-corrected chi connectivity index (χ3v) is 4.85. The number of nitriles is 2. The molecule has 0 amide bonds. The van der Waals surface area contributed by atoms with Crippen LogP contribution in [0, 0.1) is 22.7 Å². The molecule has 0 bridgehead atoms. The number of hydrogen-bond donors (Lipinski definition) is 0. The van der Waals surface area contributed by atoms with Crippen LogP contribution in [-0.4, -0.2) is 23.9 Å². The average Bonchev–Trinajstić information content (AvgIpc) is 3.12. The normalized spacial score (nSPS) is 17.2. The highest BCUT2D eigenvalue weighted by molar-refractivity contribution is 6.16. The van der Waals surface area contributed by atoms with Crippen LogP contribution in [0.1, 0.15) is 52.6 Å². The maximum atomic E-state index is 11.9. The number of carbonyl (C=O) groups is 4. The van der Waals surface area contributed by atoms with Gasteiger partial charge in [0.05, 0.1) is 34.4 Å². The topological polar surface area (TPSA) is 144 Å². The van der Waals surface area contributed by atoms with E-state index in [2.05, 4.69) is 9.47 Å². The molecule has 0 atom stereocenters. The van der Waals surface area contributed by atoms with E-state index in [0.717, 1.165) is 0 Å². The van der Waals surface area contributed by atoms with E-state index < -0.39 is 29.3 Å². The number of carbonyl (C=O) groups excluding carboxylic acids is 4. The monoisotopic (exact) mass is 372 g/mol. The lowest BCUT2D eigenvalue weighted by Crippen LogP contribution is -2.29. The fourth-order valence-corrected chi connectivity index (χ4v) is 3.51. The van der Waals surface area contributed by atoms with Crippen LogP contribution in [0.15, 0.2) is 24.3 Å². The second kappa shape index (κ2) is 4.81. The Bertz CT molecular complexity index is 1190. The van der Waals surface area contributed by atoms with Crippen LogP contribution in [0.2, 0.25) is 0 Å². The standard InChI is InChI=1S/C19H4N2O7/c20-5-19(6-21)11-1-7-9(17(24)27-15(7)22)3-13(11)26-14-4-10-8(2-12(14)19)16(23)28-18(10)25/h1-4H. The summed E-state index contributed by atoms with van der Waals surface area (Å²) in [5.74, 6) is -3.58. The van der Waals surface area contributed by atoms with E-state index >= 15 is 0 Å². The number of nitrogens with zero attached hydrogens (tertiary/aromatic N) is 2. The molecule has 132 valence electrons. The highest BCUT2D eigenvalue weighted by Crippen LogP contribution is 2.50. The molecule has 3 aliphatic heterocycles. The molecule has 5 rings (SSSR count). The van der Waals surface area contributed by atoms with Gasteiger partial charge in [-0.2, -0.15) is 10.5 Å². The van der Waals surface area contributed by atoms with E-state index in [-0.39, 0.29) is 44.9 Å². The van der Waals surface area contributed by atoms with E-state index in [0.29, 0.717) is 0 Å². The van der Waals surface area contributed by atoms with Crippen molar-refractivity contribution in [3.8, 4) is 23.6 Å². The summed E-state index contributed by atoms with van der Waals surface area (Å²) >= 11 is 0. The summed E-state index contributed by atoms with van der Waals surface area (Å²) in [7, 11) is 0. The minimum Gasteiger partial charge on any atom is -0.457 e. The van der Waals surface area contributed by atoms with Crippen molar-refractivity contribution in [1.29, 1.82) is 10.5 Å². The Morgan fingerprint density at radius 1 is 0.607 bits per heavy atom. The first-order valence-corrected chi connectivity index (χ1v) is 7.80. The van der Waals surface area contributed by atoms with E-state index in [1.54, 1.807) is 0 Å². The minimum atomic E-state index is -1.95. The van der Waals surface area contributed by atoms with Gasteiger partial charge in [-0.05, 0) is 24.3 Å². The van der Waals surface area contributed by atoms with E-state index in [1.165, 1.54) is 24.3 Å². The summed E-state index contributed by atoms with van der Waals surface area (Å²) in [5.41, 5.74) is -2.23. The Labute approximate surface area is 155 Å². The molecule has 28 heavy (non-hydrogen) atoms. The summed E-state index contributed by atoms with van der Waals surface area (Å²) < 4.78 is 14.8. The van der Waals surface area contributed by atoms with Crippen molar-refractivity contribution >= 4 is 23.9 Å². The number of esters is 4. The Morgan fingerprint density at radius 2 is 0.964 bits per heavy atom. The van der Waals surface area contributed by atoms with Crippen LogP contribution in [-0.2, 0) is 14.9 Å². The van der Waals surface area contributed by atoms with Crippen molar-refractivity contribution in [2.75, 3.05) is 0 Å². The van der Waals surface area contributed by atoms with Gasteiger partial charge in [0.1, 0.15) is 11.5 Å². The SMILES string of the molecule is N#CC1(C#N)c2cc3c(cc2Oc2cc4c(cc21)C(=O)OC4=O)C(=O)OC3=O. The van der Waals surface area contributed by atoms with E-state index in [4.69, 9.17) is 4.74 Å². The molecule has 2 aromatic carbocycles. The maximum absolute atomic E-state index is 11.9. The highest BCUT2D eigenvalue weighted by Gasteiger charge is 2.48. The van der Waals surface area contributed by atoms with Crippen molar-refractivity contribution in [2.24, 2.45) is 0 Å². The lowest BCUT2D eigenvalue weighted by molar-refractivity contribution is 0.0425. The first kappa shape index (κ1) is 15.7. The summed E-state index contributed by atoms with van der Waals surface area (Å²) in [6.07, 6.45) is 0. The molecule has 0 aromatic heterocycles. The summed E-state index contributed by atoms with van der Waals surface area (Å²) in [6, 6.07) is 8.61. The fraction of sp³-hybridized carbons (Fsp3) is 0.0526. The third-order valence-electron chi connectivity index (χ3n) is 4.85. The van der Waals surface area contributed by atoms with Crippen LogP contribution in [0.3, 0.4) is 0 Å². The van der Waals surface area contributed by atoms with Crippen molar-refractivity contribution < 1.29 is 33.4 Å².